The van der Waals surface area contributed by atoms with Crippen molar-refractivity contribution >= 4 is 72.0 Å². The van der Waals surface area contributed by atoms with Gasteiger partial charge in [-0.2, -0.15) is 0 Å². The molecular formula is C23H28N10O8P2S2. The Morgan fingerprint density at radius 2 is 1.78 bits per heavy atom. The number of nitrogen functional groups attached to an aromatic ring is 1. The van der Waals surface area contributed by atoms with E-state index in [1.54, 1.807) is 21.5 Å². The molecular weight excluding hydrogens is 670 g/mol. The minimum absolute atomic E-state index is 0.0900. The van der Waals surface area contributed by atoms with Crippen molar-refractivity contribution in [2.45, 2.75) is 43.7 Å². The van der Waals surface area contributed by atoms with Gasteiger partial charge in [-0.1, -0.05) is 24.5 Å². The molecule has 1 aliphatic heterocycles. The number of nitrogens with two attached hydrogens (primary N) is 1. The first-order chi connectivity index (χ1) is 21.5. The summed E-state index contributed by atoms with van der Waals surface area (Å²) in [6, 6.07) is 0.126. The number of fused-ring (bicyclic) bond motifs is 4. The molecule has 7 rings (SSSR count). The molecule has 0 amide bonds. The predicted octanol–water partition coefficient (Wildman–Crippen LogP) is 3.17. The summed E-state index contributed by atoms with van der Waals surface area (Å²) in [5.41, 5.74) is 7.27. The van der Waals surface area contributed by atoms with Crippen molar-refractivity contribution in [1.29, 1.82) is 0 Å². The van der Waals surface area contributed by atoms with Gasteiger partial charge in [0.1, 0.15) is 30.3 Å². The molecule has 240 valence electrons. The quantitative estimate of drug-likeness (QED) is 0.115. The van der Waals surface area contributed by atoms with E-state index in [4.69, 9.17) is 28.6 Å². The number of aromatic nitrogens is 9. The van der Waals surface area contributed by atoms with Crippen LogP contribution in [0.25, 0.3) is 28.1 Å². The van der Waals surface area contributed by atoms with Crippen LogP contribution < -0.4 is 11.3 Å². The van der Waals surface area contributed by atoms with Crippen LogP contribution in [0.3, 0.4) is 0 Å². The van der Waals surface area contributed by atoms with Crippen molar-refractivity contribution in [3.05, 3.63) is 41.7 Å². The normalized spacial score (nSPS) is 26.3. The standard InChI is InChI=1S/C23H28N10O8P2S2/c1-37-42(35,44)39-8-15-14(6-16(40-15)33-11-29-18-21(34)30-23-25-2-3-31(23)22(18)33)41-43(36,45)38-7-12-4-13(5-12)32-10-28-17-19(24)26-9-27-20(17)32/h2-3,9-16H,4-8H2,1H3,(H,35,44)(H,36,45)(H2,24,26,27)(H,25,30,34)/t12-,13+,14-,15+,16+,42?,43?/m0/s1. The highest BCUT2D eigenvalue weighted by Crippen LogP contribution is 2.58. The average molecular weight is 699 g/mol. The first kappa shape index (κ1) is 30.8. The topological polar surface area (TPSA) is 218 Å². The molecule has 2 unspecified atom stereocenters. The Bertz CT molecular complexity index is 2040. The molecule has 6 heterocycles. The van der Waals surface area contributed by atoms with E-state index in [0.717, 1.165) is 12.8 Å². The van der Waals surface area contributed by atoms with Crippen molar-refractivity contribution < 1.29 is 32.0 Å². The largest absolute Gasteiger partial charge is 0.386 e. The summed E-state index contributed by atoms with van der Waals surface area (Å²) in [5.74, 6) is 0.727. The van der Waals surface area contributed by atoms with Crippen LogP contribution in [0.5, 0.6) is 0 Å². The summed E-state index contributed by atoms with van der Waals surface area (Å²) in [4.78, 5) is 36.2. The second kappa shape index (κ2) is 11.8. The first-order valence-corrected chi connectivity index (χ1v) is 19.1. The van der Waals surface area contributed by atoms with Crippen LogP contribution in [0.2, 0.25) is 0 Å². The van der Waals surface area contributed by atoms with Crippen molar-refractivity contribution in [3.63, 3.8) is 0 Å². The van der Waals surface area contributed by atoms with Crippen LogP contribution >= 0.6 is 38.1 Å². The highest BCUT2D eigenvalue weighted by atomic mass is 32.7. The van der Waals surface area contributed by atoms with Gasteiger partial charge in [0, 0.05) is 32.0 Å². The van der Waals surface area contributed by atoms with E-state index in [1.165, 1.54) is 26.0 Å². The molecule has 5 atom stereocenters. The van der Waals surface area contributed by atoms with Crippen molar-refractivity contribution in [3.8, 4) is 0 Å². The summed E-state index contributed by atoms with van der Waals surface area (Å²) >= 11 is 8.15. The van der Waals surface area contributed by atoms with Crippen molar-refractivity contribution in [1.82, 2.24) is 43.4 Å². The Hall–Kier alpha value is -2.80. The van der Waals surface area contributed by atoms with Gasteiger partial charge < -0.3 is 24.1 Å². The molecule has 3 N–H and O–H groups in total. The molecule has 5 aromatic heterocycles. The van der Waals surface area contributed by atoms with Gasteiger partial charge in [0.15, 0.2) is 22.6 Å². The fourth-order valence-electron chi connectivity index (χ4n) is 5.65. The molecule has 0 aromatic carbocycles. The van der Waals surface area contributed by atoms with E-state index < -0.39 is 37.6 Å². The molecule has 1 saturated carbocycles. The molecule has 0 spiro atoms. The van der Waals surface area contributed by atoms with E-state index >= 15 is 0 Å². The highest BCUT2D eigenvalue weighted by molar-refractivity contribution is 8.44. The van der Waals surface area contributed by atoms with Gasteiger partial charge in [-0.3, -0.25) is 27.8 Å². The number of nitrogens with zero attached hydrogens (tertiary/aromatic N) is 8. The zero-order valence-electron chi connectivity index (χ0n) is 23.5. The fourth-order valence-corrected chi connectivity index (χ4v) is 7.87. The number of imidazole rings is 3. The molecule has 2 fully saturated rings. The molecule has 0 bridgehead atoms. The van der Waals surface area contributed by atoms with Gasteiger partial charge in [0.25, 0.3) is 5.56 Å². The Morgan fingerprint density at radius 1 is 1.02 bits per heavy atom. The lowest BCUT2D eigenvalue weighted by molar-refractivity contribution is -0.0368. The number of thiol groups is 2. The Balaban J connectivity index is 1.04. The van der Waals surface area contributed by atoms with Gasteiger partial charge in [-0.25, -0.2) is 34.0 Å². The maximum Gasteiger partial charge on any atom is 0.386 e. The van der Waals surface area contributed by atoms with Crippen LogP contribution in [-0.2, 0) is 32.0 Å². The first-order valence-electron chi connectivity index (χ1n) is 13.7. The van der Waals surface area contributed by atoms with E-state index in [1.807, 2.05) is 4.57 Å². The van der Waals surface area contributed by atoms with Crippen LogP contribution in [0, 0.1) is 5.92 Å². The lowest BCUT2D eigenvalue weighted by Crippen LogP contribution is -2.30. The summed E-state index contributed by atoms with van der Waals surface area (Å²) in [7, 11) is 1.20. The minimum atomic E-state index is -3.91. The monoisotopic (exact) mass is 698 g/mol. The molecule has 18 nitrogen and oxygen atoms in total. The second-order valence-corrected chi connectivity index (χ2v) is 16.6. The van der Waals surface area contributed by atoms with Crippen LogP contribution in [-0.4, -0.2) is 76.0 Å². The zero-order chi connectivity index (χ0) is 31.5. The Kier molecular flexibility index (Phi) is 8.07. The summed E-state index contributed by atoms with van der Waals surface area (Å²) < 4.78 is 59.0. The predicted molar refractivity (Wildman–Crippen MR) is 166 cm³/mol. The second-order valence-electron chi connectivity index (χ2n) is 10.7. The fraction of sp³-hybridized carbons (Fsp3) is 0.478. The maximum atomic E-state index is 13.4. The Morgan fingerprint density at radius 3 is 2.58 bits per heavy atom. The number of aromatic amines is 1. The van der Waals surface area contributed by atoms with E-state index in [2.05, 4.69) is 54.4 Å². The third-order valence-corrected chi connectivity index (χ3v) is 11.3. The van der Waals surface area contributed by atoms with E-state index in [0.29, 0.717) is 28.4 Å². The van der Waals surface area contributed by atoms with Gasteiger partial charge in [-0.05, 0) is 18.8 Å². The number of hydrogen-bond acceptors (Lipinski definition) is 14. The molecule has 1 aliphatic carbocycles. The number of rotatable bonds is 11. The summed E-state index contributed by atoms with van der Waals surface area (Å²) in [5, 5.41) is 0. The van der Waals surface area contributed by atoms with E-state index in [-0.39, 0.29) is 37.1 Å². The summed E-state index contributed by atoms with van der Waals surface area (Å²) in [6.45, 7) is -7.72. The zero-order valence-corrected chi connectivity index (χ0v) is 27.1. The minimum Gasteiger partial charge on any atom is -0.382 e. The van der Waals surface area contributed by atoms with Crippen LogP contribution in [0.4, 0.5) is 5.82 Å². The van der Waals surface area contributed by atoms with Crippen molar-refractivity contribution in [2.24, 2.45) is 5.92 Å². The molecule has 45 heavy (non-hydrogen) atoms. The van der Waals surface area contributed by atoms with Gasteiger partial charge >= 0.3 is 13.6 Å². The van der Waals surface area contributed by atoms with Crippen LogP contribution in [0.15, 0.2) is 36.2 Å². The summed E-state index contributed by atoms with van der Waals surface area (Å²) in [6.07, 6.45) is 6.86. The lowest BCUT2D eigenvalue weighted by Gasteiger charge is -2.36. The number of nitrogens with one attached hydrogen (secondary N) is 1. The highest BCUT2D eigenvalue weighted by Gasteiger charge is 2.43. The van der Waals surface area contributed by atoms with Crippen LogP contribution in [0.1, 0.15) is 31.5 Å². The molecule has 0 radical (unpaired) electrons. The number of hydrogen-bond donors (Lipinski definition) is 4. The SMILES string of the molecule is COP(=O)(S)OC[C@H]1O[C@@H](n2cnc3c(=O)[nH]c4nccn4c32)C[C@@H]1OP(=O)(S)OC[C@H]1C[C@@H](n2cnc3c(N)ncnc32)C1. The smallest absolute Gasteiger partial charge is 0.382 e. The molecule has 2 aliphatic rings. The molecule has 22 heteroatoms. The van der Waals surface area contributed by atoms with Crippen molar-refractivity contribution in [2.75, 3.05) is 26.1 Å². The number of H-pyrrole nitrogens is 1. The third-order valence-electron chi connectivity index (χ3n) is 7.93. The number of ether oxygens (including phenoxy) is 1. The van der Waals surface area contributed by atoms with Gasteiger partial charge in [0.2, 0.25) is 5.78 Å². The maximum absolute atomic E-state index is 13.4. The van der Waals surface area contributed by atoms with Gasteiger partial charge in [0.05, 0.1) is 25.9 Å². The van der Waals surface area contributed by atoms with E-state index in [9.17, 15) is 13.9 Å². The third kappa shape index (κ3) is 5.94. The number of anilines is 1. The molecule has 5 aromatic rings. The Labute approximate surface area is 264 Å². The average Bonchev–Trinajstić information content (AvgIpc) is 3.77. The van der Waals surface area contributed by atoms with Gasteiger partial charge in [-0.15, -0.1) is 0 Å². The molecule has 1 saturated heterocycles. The lowest BCUT2D eigenvalue weighted by atomic mass is 9.81.